The summed E-state index contributed by atoms with van der Waals surface area (Å²) in [5.74, 6) is -0.137. The number of benzene rings is 1. The van der Waals surface area contributed by atoms with Crippen molar-refractivity contribution in [3.8, 4) is 11.1 Å². The van der Waals surface area contributed by atoms with E-state index in [2.05, 4.69) is 10.2 Å². The van der Waals surface area contributed by atoms with Gasteiger partial charge in [-0.15, -0.1) is 11.3 Å². The molecule has 4 rings (SSSR count). The summed E-state index contributed by atoms with van der Waals surface area (Å²) in [6.07, 6.45) is 3.08. The fourth-order valence-electron chi connectivity index (χ4n) is 3.99. The number of hydrogen-bond acceptors (Lipinski definition) is 6. The van der Waals surface area contributed by atoms with Gasteiger partial charge in [0.25, 0.3) is 5.56 Å². The molecule has 0 saturated carbocycles. The topological polar surface area (TPSA) is 91.7 Å². The molecule has 3 heterocycles. The number of amides is 1. The molecule has 0 atom stereocenters. The van der Waals surface area contributed by atoms with Gasteiger partial charge in [0, 0.05) is 73.7 Å². The van der Waals surface area contributed by atoms with Crippen molar-refractivity contribution in [2.45, 2.75) is 13.5 Å². The first kappa shape index (κ1) is 22.7. The van der Waals surface area contributed by atoms with Crippen LogP contribution in [0.5, 0.6) is 0 Å². The van der Waals surface area contributed by atoms with Crippen LogP contribution in [0.1, 0.15) is 11.8 Å². The number of aromatic nitrogens is 1. The first-order valence-corrected chi connectivity index (χ1v) is 13.0. The summed E-state index contributed by atoms with van der Waals surface area (Å²) >= 11 is 1.59. The van der Waals surface area contributed by atoms with Gasteiger partial charge in [-0.05, 0) is 23.8 Å². The molecule has 1 fully saturated rings. The highest BCUT2D eigenvalue weighted by Crippen LogP contribution is 2.34. The van der Waals surface area contributed by atoms with E-state index in [1.54, 1.807) is 23.0 Å². The summed E-state index contributed by atoms with van der Waals surface area (Å²) in [5, 5.41) is 3.48. The highest BCUT2D eigenvalue weighted by Gasteiger charge is 2.24. The van der Waals surface area contributed by atoms with E-state index in [9.17, 15) is 18.0 Å². The zero-order valence-corrected chi connectivity index (χ0v) is 19.9. The fourth-order valence-corrected chi connectivity index (χ4v) is 6.04. The molecule has 1 aliphatic heterocycles. The summed E-state index contributed by atoms with van der Waals surface area (Å²) in [6, 6.07) is 9.54. The molecule has 1 amide bonds. The van der Waals surface area contributed by atoms with Crippen LogP contribution >= 0.6 is 11.3 Å². The molecule has 1 N–H and O–H groups in total. The molecule has 2 aromatic heterocycles. The average molecular weight is 475 g/mol. The monoisotopic (exact) mass is 474 g/mol. The lowest BCUT2D eigenvalue weighted by molar-refractivity contribution is -0.114. The quantitative estimate of drug-likeness (QED) is 0.613. The number of nitrogens with one attached hydrogen (secondary N) is 1. The molecule has 170 valence electrons. The van der Waals surface area contributed by atoms with Gasteiger partial charge in [-0.3, -0.25) is 14.5 Å². The molecule has 1 aliphatic rings. The van der Waals surface area contributed by atoms with Gasteiger partial charge in [-0.25, -0.2) is 8.42 Å². The number of carbonyl (C=O) groups excluding carboxylic acids is 1. The highest BCUT2D eigenvalue weighted by molar-refractivity contribution is 7.88. The standard InChI is InChI=1S/C22H26N4O4S2/c1-15(27)23-17-6-4-5-16(11-17)20-14-24(2)22(28)19-12-18(31-21(19)20)13-25-7-9-26(10-8-25)32(3,29)30/h4-6,11-12,14H,7-10,13H2,1-3H3,(H,23,27). The van der Waals surface area contributed by atoms with Crippen molar-refractivity contribution >= 4 is 43.0 Å². The number of anilines is 1. The van der Waals surface area contributed by atoms with Crippen molar-refractivity contribution in [3.63, 3.8) is 0 Å². The molecule has 0 aliphatic carbocycles. The Balaban J connectivity index is 1.65. The van der Waals surface area contributed by atoms with Crippen LogP contribution in [-0.2, 0) is 28.4 Å². The lowest BCUT2D eigenvalue weighted by Crippen LogP contribution is -2.47. The second-order valence-electron chi connectivity index (χ2n) is 8.11. The van der Waals surface area contributed by atoms with Crippen LogP contribution in [0.25, 0.3) is 21.2 Å². The minimum absolute atomic E-state index is 0.0499. The van der Waals surface area contributed by atoms with E-state index < -0.39 is 10.0 Å². The van der Waals surface area contributed by atoms with E-state index in [1.165, 1.54) is 17.5 Å². The second-order valence-corrected chi connectivity index (χ2v) is 11.2. The van der Waals surface area contributed by atoms with E-state index in [1.807, 2.05) is 36.5 Å². The number of rotatable bonds is 5. The fraction of sp³-hybridized carbons (Fsp3) is 0.364. The van der Waals surface area contributed by atoms with Crippen LogP contribution in [0, 0.1) is 0 Å². The Bertz CT molecular complexity index is 1340. The molecule has 1 aromatic carbocycles. The molecule has 10 heteroatoms. The van der Waals surface area contributed by atoms with Gasteiger partial charge in [0.05, 0.1) is 11.6 Å². The van der Waals surface area contributed by atoms with Crippen LogP contribution in [0.3, 0.4) is 0 Å². The first-order valence-electron chi connectivity index (χ1n) is 10.3. The molecular formula is C22H26N4O4S2. The Labute approximate surface area is 191 Å². The van der Waals surface area contributed by atoms with E-state index in [4.69, 9.17) is 0 Å². The van der Waals surface area contributed by atoms with E-state index in [0.717, 1.165) is 20.7 Å². The first-order chi connectivity index (χ1) is 15.1. The molecule has 0 spiro atoms. The Kier molecular flexibility index (Phi) is 6.22. The zero-order chi connectivity index (χ0) is 23.0. The van der Waals surface area contributed by atoms with Gasteiger partial charge in [-0.1, -0.05) is 12.1 Å². The molecular weight excluding hydrogens is 448 g/mol. The van der Waals surface area contributed by atoms with Crippen molar-refractivity contribution in [1.29, 1.82) is 0 Å². The van der Waals surface area contributed by atoms with Gasteiger partial charge >= 0.3 is 0 Å². The highest BCUT2D eigenvalue weighted by atomic mass is 32.2. The minimum Gasteiger partial charge on any atom is -0.326 e. The Morgan fingerprint density at radius 3 is 2.53 bits per heavy atom. The van der Waals surface area contributed by atoms with E-state index in [0.29, 0.717) is 43.8 Å². The smallest absolute Gasteiger partial charge is 0.259 e. The maximum absolute atomic E-state index is 12.8. The van der Waals surface area contributed by atoms with E-state index >= 15 is 0 Å². The Morgan fingerprint density at radius 1 is 1.16 bits per heavy atom. The minimum atomic E-state index is -3.16. The normalized spacial score (nSPS) is 15.8. The van der Waals surface area contributed by atoms with Gasteiger partial charge in [0.1, 0.15) is 0 Å². The maximum atomic E-state index is 12.8. The van der Waals surface area contributed by atoms with Crippen molar-refractivity contribution in [3.05, 3.63) is 51.8 Å². The summed E-state index contributed by atoms with van der Waals surface area (Å²) in [7, 11) is -1.42. The summed E-state index contributed by atoms with van der Waals surface area (Å²) in [5.41, 5.74) is 2.52. The van der Waals surface area contributed by atoms with Gasteiger partial charge in [0.15, 0.2) is 0 Å². The number of carbonyl (C=O) groups is 1. The number of hydrogen-bond donors (Lipinski definition) is 1. The van der Waals surface area contributed by atoms with Crippen LogP contribution in [0.2, 0.25) is 0 Å². The van der Waals surface area contributed by atoms with Crippen LogP contribution in [0.4, 0.5) is 5.69 Å². The molecule has 0 bridgehead atoms. The van der Waals surface area contributed by atoms with Crippen molar-refractivity contribution in [2.24, 2.45) is 7.05 Å². The summed E-state index contributed by atoms with van der Waals surface area (Å²) in [4.78, 5) is 27.5. The molecule has 8 nitrogen and oxygen atoms in total. The molecule has 32 heavy (non-hydrogen) atoms. The number of aryl methyl sites for hydroxylation is 1. The number of piperazine rings is 1. The number of pyridine rings is 1. The Morgan fingerprint density at radius 2 is 1.88 bits per heavy atom. The summed E-state index contributed by atoms with van der Waals surface area (Å²) < 4.78 is 27.5. The zero-order valence-electron chi connectivity index (χ0n) is 18.3. The van der Waals surface area contributed by atoms with E-state index in [-0.39, 0.29) is 11.5 Å². The van der Waals surface area contributed by atoms with Crippen LogP contribution in [0.15, 0.2) is 41.3 Å². The molecule has 3 aromatic rings. The third-order valence-corrected chi connectivity index (χ3v) is 8.03. The van der Waals surface area contributed by atoms with Crippen LogP contribution < -0.4 is 10.9 Å². The third-order valence-electron chi connectivity index (χ3n) is 5.57. The molecule has 0 radical (unpaired) electrons. The number of fused-ring (bicyclic) bond motifs is 1. The van der Waals surface area contributed by atoms with Gasteiger partial charge in [-0.2, -0.15) is 4.31 Å². The predicted octanol–water partition coefficient (Wildman–Crippen LogP) is 2.30. The third kappa shape index (κ3) is 4.78. The SMILES string of the molecule is CC(=O)Nc1cccc(-c2cn(C)c(=O)c3cc(CN4CCN(S(C)(=O)=O)CC4)sc23)c1. The van der Waals surface area contributed by atoms with Crippen molar-refractivity contribution in [2.75, 3.05) is 37.8 Å². The number of nitrogens with zero attached hydrogens (tertiary/aromatic N) is 3. The lowest BCUT2D eigenvalue weighted by atomic mass is 10.1. The van der Waals surface area contributed by atoms with Gasteiger partial charge in [0.2, 0.25) is 15.9 Å². The van der Waals surface area contributed by atoms with Gasteiger partial charge < -0.3 is 9.88 Å². The largest absolute Gasteiger partial charge is 0.326 e. The second kappa shape index (κ2) is 8.78. The predicted molar refractivity (Wildman–Crippen MR) is 128 cm³/mol. The van der Waals surface area contributed by atoms with Crippen LogP contribution in [-0.4, -0.2) is 60.5 Å². The van der Waals surface area contributed by atoms with Crippen molar-refractivity contribution < 1.29 is 13.2 Å². The number of thiophene rings is 1. The van der Waals surface area contributed by atoms with Crippen molar-refractivity contribution in [1.82, 2.24) is 13.8 Å². The summed E-state index contributed by atoms with van der Waals surface area (Å²) in [6.45, 7) is 4.42. The maximum Gasteiger partial charge on any atom is 0.259 e. The number of sulfonamides is 1. The lowest BCUT2D eigenvalue weighted by Gasteiger charge is -2.32. The molecule has 0 unspecified atom stereocenters. The molecule has 1 saturated heterocycles. The average Bonchev–Trinajstić information content (AvgIpc) is 3.14. The Hall–Kier alpha value is -2.53.